The minimum atomic E-state index is -0.0177. The van der Waals surface area contributed by atoms with Gasteiger partial charge >= 0.3 is 0 Å². The number of pyridine rings is 1. The second-order valence-corrected chi connectivity index (χ2v) is 8.72. The molecule has 1 aliphatic rings. The van der Waals surface area contributed by atoms with Crippen LogP contribution in [0.15, 0.2) is 65.6 Å². The van der Waals surface area contributed by atoms with Crippen molar-refractivity contribution in [2.75, 3.05) is 20.2 Å². The van der Waals surface area contributed by atoms with Crippen LogP contribution in [0.3, 0.4) is 0 Å². The molecule has 1 aliphatic heterocycles. The predicted octanol–water partition coefficient (Wildman–Crippen LogP) is 4.44. The molecular formula is C27H29N5O3. The van der Waals surface area contributed by atoms with E-state index in [0.717, 1.165) is 48.0 Å². The Labute approximate surface area is 204 Å². The number of amides is 1. The number of imidazole rings is 1. The summed E-state index contributed by atoms with van der Waals surface area (Å²) in [5.74, 6) is 4.06. The molecule has 0 spiro atoms. The van der Waals surface area contributed by atoms with Gasteiger partial charge in [-0.1, -0.05) is 25.1 Å². The molecule has 180 valence electrons. The maximum Gasteiger partial charge on any atom is 0.255 e. The molecule has 35 heavy (non-hydrogen) atoms. The number of carbonyl (C=O) groups is 1. The topological polar surface area (TPSA) is 86.3 Å². The van der Waals surface area contributed by atoms with Gasteiger partial charge in [0.15, 0.2) is 5.89 Å². The van der Waals surface area contributed by atoms with Gasteiger partial charge < -0.3 is 14.1 Å². The Morgan fingerprint density at radius 3 is 2.83 bits per heavy atom. The van der Waals surface area contributed by atoms with Crippen LogP contribution in [0.5, 0.6) is 5.75 Å². The number of ether oxygens (including phenoxy) is 1. The van der Waals surface area contributed by atoms with Crippen molar-refractivity contribution in [2.24, 2.45) is 0 Å². The zero-order valence-electron chi connectivity index (χ0n) is 20.1. The first-order chi connectivity index (χ1) is 17.2. The Balaban J connectivity index is 1.26. The fourth-order valence-electron chi connectivity index (χ4n) is 4.64. The van der Waals surface area contributed by atoms with Crippen molar-refractivity contribution in [3.63, 3.8) is 0 Å². The second kappa shape index (κ2) is 10.1. The molecule has 1 atom stereocenters. The molecule has 0 aliphatic carbocycles. The van der Waals surface area contributed by atoms with Crippen molar-refractivity contribution in [2.45, 2.75) is 38.5 Å². The largest absolute Gasteiger partial charge is 0.496 e. The molecule has 3 aromatic heterocycles. The van der Waals surface area contributed by atoms with Crippen LogP contribution in [0, 0.1) is 0 Å². The molecule has 0 unspecified atom stereocenters. The minimum absolute atomic E-state index is 0.0177. The molecular weight excluding hydrogens is 442 g/mol. The number of aryl methyl sites for hydroxylation is 1. The quantitative estimate of drug-likeness (QED) is 0.396. The Morgan fingerprint density at radius 2 is 2.03 bits per heavy atom. The molecule has 1 aromatic carbocycles. The molecule has 4 heterocycles. The van der Waals surface area contributed by atoms with Crippen molar-refractivity contribution < 1.29 is 13.9 Å². The first-order valence-electron chi connectivity index (χ1n) is 12.0. The lowest BCUT2D eigenvalue weighted by atomic mass is 9.97. The Morgan fingerprint density at radius 1 is 1.14 bits per heavy atom. The van der Waals surface area contributed by atoms with Gasteiger partial charge in [-0.2, -0.15) is 0 Å². The van der Waals surface area contributed by atoms with Crippen LogP contribution in [0.25, 0.3) is 5.82 Å². The van der Waals surface area contributed by atoms with Crippen molar-refractivity contribution in [1.82, 2.24) is 24.4 Å². The molecule has 1 amide bonds. The first kappa shape index (κ1) is 22.8. The number of aromatic nitrogens is 4. The molecule has 0 radical (unpaired) electrons. The number of hydrogen-bond acceptors (Lipinski definition) is 6. The fraction of sp³-hybridized carbons (Fsp3) is 0.333. The van der Waals surface area contributed by atoms with E-state index in [1.165, 1.54) is 0 Å². The third kappa shape index (κ3) is 4.82. The zero-order valence-corrected chi connectivity index (χ0v) is 20.1. The van der Waals surface area contributed by atoms with Crippen molar-refractivity contribution >= 4 is 5.91 Å². The number of nitrogens with zero attached hydrogens (tertiary/aromatic N) is 5. The Kier molecular flexibility index (Phi) is 6.61. The summed E-state index contributed by atoms with van der Waals surface area (Å²) in [6, 6.07) is 11.6. The Hall–Kier alpha value is -3.94. The second-order valence-electron chi connectivity index (χ2n) is 8.72. The molecule has 5 rings (SSSR count). The van der Waals surface area contributed by atoms with Gasteiger partial charge in [-0.25, -0.2) is 15.0 Å². The number of rotatable bonds is 7. The number of hydrogen-bond donors (Lipinski definition) is 0. The molecule has 8 nitrogen and oxygen atoms in total. The van der Waals surface area contributed by atoms with Crippen LogP contribution in [-0.4, -0.2) is 50.5 Å². The van der Waals surface area contributed by atoms with E-state index in [-0.39, 0.29) is 11.8 Å². The summed E-state index contributed by atoms with van der Waals surface area (Å²) >= 11 is 0. The lowest BCUT2D eigenvalue weighted by Crippen LogP contribution is -2.39. The predicted molar refractivity (Wildman–Crippen MR) is 131 cm³/mol. The van der Waals surface area contributed by atoms with Gasteiger partial charge in [0, 0.05) is 50.1 Å². The van der Waals surface area contributed by atoms with Crippen molar-refractivity contribution in [1.29, 1.82) is 0 Å². The molecule has 0 saturated carbocycles. The number of benzene rings is 1. The van der Waals surface area contributed by atoms with Gasteiger partial charge in [0.2, 0.25) is 0 Å². The monoisotopic (exact) mass is 471 g/mol. The standard InChI is InChI=1S/C27H29N5O3/c1-3-24-28-12-14-32(24)25-11-10-20(16-29-25)27(33)31-13-6-8-21(18-31)26-30-17-22(35-26)15-19-7-4-5-9-23(19)34-2/h4-5,7,9-12,14,16-17,21H,3,6,8,13,15,18H2,1-2H3/t21-/m0/s1. The van der Waals surface area contributed by atoms with E-state index in [1.54, 1.807) is 25.7 Å². The third-order valence-corrected chi connectivity index (χ3v) is 6.46. The maximum absolute atomic E-state index is 13.2. The van der Waals surface area contributed by atoms with E-state index in [1.807, 2.05) is 52.1 Å². The SMILES string of the molecule is CCc1nccn1-c1ccc(C(=O)N2CCC[C@H](c3ncc(Cc4ccccc4OC)o3)C2)cn1. The average molecular weight is 472 g/mol. The van der Waals surface area contributed by atoms with E-state index < -0.39 is 0 Å². The van der Waals surface area contributed by atoms with E-state index in [2.05, 4.69) is 21.9 Å². The van der Waals surface area contributed by atoms with E-state index in [0.29, 0.717) is 31.0 Å². The van der Waals surface area contributed by atoms with Crippen molar-refractivity contribution in [3.8, 4) is 11.6 Å². The number of carbonyl (C=O) groups excluding carboxylic acids is 1. The summed E-state index contributed by atoms with van der Waals surface area (Å²) in [5, 5.41) is 0. The van der Waals surface area contributed by atoms with Crippen LogP contribution in [0.2, 0.25) is 0 Å². The van der Waals surface area contributed by atoms with E-state index >= 15 is 0 Å². The highest BCUT2D eigenvalue weighted by Crippen LogP contribution is 2.29. The number of likely N-dealkylation sites (tertiary alicyclic amines) is 1. The summed E-state index contributed by atoms with van der Waals surface area (Å²) in [6.45, 7) is 3.35. The normalized spacial score (nSPS) is 15.8. The van der Waals surface area contributed by atoms with Crippen LogP contribution >= 0.6 is 0 Å². The summed E-state index contributed by atoms with van der Waals surface area (Å²) in [6.07, 6.45) is 10.3. The zero-order chi connectivity index (χ0) is 24.2. The molecule has 0 bridgehead atoms. The fourth-order valence-corrected chi connectivity index (χ4v) is 4.64. The van der Waals surface area contributed by atoms with Gasteiger partial charge in [0.1, 0.15) is 23.2 Å². The van der Waals surface area contributed by atoms with Gasteiger partial charge in [-0.15, -0.1) is 0 Å². The van der Waals surface area contributed by atoms with Crippen LogP contribution < -0.4 is 4.74 Å². The van der Waals surface area contributed by atoms with E-state index in [9.17, 15) is 4.79 Å². The summed E-state index contributed by atoms with van der Waals surface area (Å²) in [7, 11) is 1.67. The lowest BCUT2D eigenvalue weighted by molar-refractivity contribution is 0.0697. The van der Waals surface area contributed by atoms with Crippen LogP contribution in [-0.2, 0) is 12.8 Å². The average Bonchev–Trinajstić information content (AvgIpc) is 3.58. The van der Waals surface area contributed by atoms with Gasteiger partial charge in [0.25, 0.3) is 5.91 Å². The smallest absolute Gasteiger partial charge is 0.255 e. The van der Waals surface area contributed by atoms with Gasteiger partial charge in [0.05, 0.1) is 24.8 Å². The summed E-state index contributed by atoms with van der Waals surface area (Å²) in [4.78, 5) is 28.5. The van der Waals surface area contributed by atoms with Crippen LogP contribution in [0.4, 0.5) is 0 Å². The molecule has 4 aromatic rings. The highest BCUT2D eigenvalue weighted by molar-refractivity contribution is 5.94. The number of oxazole rings is 1. The summed E-state index contributed by atoms with van der Waals surface area (Å²) < 4.78 is 13.5. The maximum atomic E-state index is 13.2. The number of methoxy groups -OCH3 is 1. The number of piperidine rings is 1. The molecule has 1 saturated heterocycles. The van der Waals surface area contributed by atoms with Crippen molar-refractivity contribution in [3.05, 3.63) is 89.8 Å². The third-order valence-electron chi connectivity index (χ3n) is 6.46. The summed E-state index contributed by atoms with van der Waals surface area (Å²) in [5.41, 5.74) is 1.63. The van der Waals surface area contributed by atoms with Crippen LogP contribution in [0.1, 0.15) is 59.1 Å². The van der Waals surface area contributed by atoms with Gasteiger partial charge in [-0.05, 0) is 31.0 Å². The Bertz CT molecular complexity index is 1290. The highest BCUT2D eigenvalue weighted by atomic mass is 16.5. The van der Waals surface area contributed by atoms with Gasteiger partial charge in [-0.3, -0.25) is 9.36 Å². The number of para-hydroxylation sites is 1. The van der Waals surface area contributed by atoms with E-state index in [4.69, 9.17) is 9.15 Å². The molecule has 8 heteroatoms. The minimum Gasteiger partial charge on any atom is -0.496 e. The lowest BCUT2D eigenvalue weighted by Gasteiger charge is -2.31. The highest BCUT2D eigenvalue weighted by Gasteiger charge is 2.28. The molecule has 1 fully saturated rings. The first-order valence-corrected chi connectivity index (χ1v) is 12.0. The molecule has 0 N–H and O–H groups in total.